The molecule has 2 aromatic rings. The minimum absolute atomic E-state index is 0.0924. The minimum Gasteiger partial charge on any atom is -0.456 e. The van der Waals surface area contributed by atoms with Gasteiger partial charge in [-0.25, -0.2) is 9.59 Å². The zero-order chi connectivity index (χ0) is 25.0. The quantitative estimate of drug-likeness (QED) is 0.473. The van der Waals surface area contributed by atoms with Gasteiger partial charge in [-0.3, -0.25) is 0 Å². The van der Waals surface area contributed by atoms with Gasteiger partial charge >= 0.3 is 12.1 Å². The number of carbonyl (C=O) groups excluding carboxylic acids is 2. The number of ether oxygens (including phenoxy) is 2. The fraction of sp³-hybridized carbons (Fsp3) is 0.435. The van der Waals surface area contributed by atoms with Crippen LogP contribution in [-0.4, -0.2) is 49.6 Å². The molecule has 0 saturated carbocycles. The normalized spacial score (nSPS) is 12.8. The molecule has 10 heteroatoms. The molecule has 178 valence electrons. The molecule has 0 bridgehead atoms. The Balaban J connectivity index is 2.24. The predicted molar refractivity (Wildman–Crippen MR) is 127 cm³/mol. The highest BCUT2D eigenvalue weighted by Gasteiger charge is 2.24. The van der Waals surface area contributed by atoms with Crippen molar-refractivity contribution in [2.24, 2.45) is 0 Å². The number of hydrogen-bond donors (Lipinski definition) is 1. The van der Waals surface area contributed by atoms with E-state index in [4.69, 9.17) is 21.1 Å². The molecule has 1 amide bonds. The van der Waals surface area contributed by atoms with Crippen molar-refractivity contribution in [2.75, 3.05) is 6.54 Å². The standard InChI is InChI=1S/C23H30ClN5O4/c1-9-15(11-10-14(2)13-25-21(31)33-23(6,7)8)18-26-27-19-16(12-17(24)28-29(18)19)20(30)32-22(3,4)5/h9-12H,2,13H2,1,3-8H3,(H,25,31)/b11-10-,15-9+. The highest BCUT2D eigenvalue weighted by molar-refractivity contribution is 6.29. The van der Waals surface area contributed by atoms with E-state index in [1.54, 1.807) is 59.8 Å². The molecule has 1 N–H and O–H groups in total. The van der Waals surface area contributed by atoms with Crippen molar-refractivity contribution in [3.8, 4) is 0 Å². The number of nitrogens with zero attached hydrogens (tertiary/aromatic N) is 4. The zero-order valence-electron chi connectivity index (χ0n) is 20.0. The number of aromatic nitrogens is 4. The van der Waals surface area contributed by atoms with Gasteiger partial charge in [0.05, 0.1) is 0 Å². The van der Waals surface area contributed by atoms with Crippen LogP contribution in [0.2, 0.25) is 5.15 Å². The van der Waals surface area contributed by atoms with E-state index in [0.717, 1.165) is 0 Å². The van der Waals surface area contributed by atoms with Gasteiger partial charge < -0.3 is 14.8 Å². The van der Waals surface area contributed by atoms with Gasteiger partial charge in [-0.1, -0.05) is 36.4 Å². The van der Waals surface area contributed by atoms with Crippen LogP contribution >= 0.6 is 11.6 Å². The zero-order valence-corrected chi connectivity index (χ0v) is 20.8. The van der Waals surface area contributed by atoms with Crippen molar-refractivity contribution in [2.45, 2.75) is 59.7 Å². The van der Waals surface area contributed by atoms with Crippen molar-refractivity contribution >= 4 is 34.9 Å². The number of fused-ring (bicyclic) bond motifs is 1. The summed E-state index contributed by atoms with van der Waals surface area (Å²) in [5.41, 5.74) is 0.411. The molecule has 2 rings (SSSR count). The summed E-state index contributed by atoms with van der Waals surface area (Å²) in [5, 5.41) is 15.3. The Morgan fingerprint density at radius 2 is 1.76 bits per heavy atom. The largest absolute Gasteiger partial charge is 0.456 e. The summed E-state index contributed by atoms with van der Waals surface area (Å²) >= 11 is 6.16. The fourth-order valence-electron chi connectivity index (χ4n) is 2.58. The van der Waals surface area contributed by atoms with Gasteiger partial charge in [0.25, 0.3) is 0 Å². The van der Waals surface area contributed by atoms with Gasteiger partial charge in [0, 0.05) is 12.1 Å². The summed E-state index contributed by atoms with van der Waals surface area (Å²) in [6, 6.07) is 1.40. The molecule has 2 heterocycles. The minimum atomic E-state index is -0.683. The molecule has 9 nitrogen and oxygen atoms in total. The van der Waals surface area contributed by atoms with E-state index in [1.165, 1.54) is 10.6 Å². The Morgan fingerprint density at radius 1 is 1.12 bits per heavy atom. The highest BCUT2D eigenvalue weighted by Crippen LogP contribution is 2.22. The van der Waals surface area contributed by atoms with E-state index in [1.807, 2.05) is 6.92 Å². The topological polar surface area (TPSA) is 108 Å². The van der Waals surface area contributed by atoms with E-state index in [0.29, 0.717) is 17.0 Å². The van der Waals surface area contributed by atoms with Crippen molar-refractivity contribution < 1.29 is 19.1 Å². The Kier molecular flexibility index (Phi) is 8.02. The lowest BCUT2D eigenvalue weighted by atomic mass is 10.1. The lowest BCUT2D eigenvalue weighted by Gasteiger charge is -2.19. The van der Waals surface area contributed by atoms with Gasteiger partial charge in [-0.05, 0) is 60.1 Å². The van der Waals surface area contributed by atoms with Gasteiger partial charge in [-0.15, -0.1) is 10.2 Å². The van der Waals surface area contributed by atoms with Crippen molar-refractivity contribution in [3.63, 3.8) is 0 Å². The van der Waals surface area contributed by atoms with Crippen LogP contribution in [0.4, 0.5) is 4.79 Å². The third kappa shape index (κ3) is 7.71. The number of halogens is 1. The lowest BCUT2D eigenvalue weighted by Crippen LogP contribution is -2.33. The maximum atomic E-state index is 12.6. The molecular formula is C23H30ClN5O4. The molecule has 0 aromatic carbocycles. The second kappa shape index (κ2) is 10.2. The number of carbonyl (C=O) groups is 2. The van der Waals surface area contributed by atoms with Crippen LogP contribution in [0.3, 0.4) is 0 Å². The molecule has 0 aliphatic heterocycles. The van der Waals surface area contributed by atoms with Crippen molar-refractivity contribution in [3.05, 3.63) is 53.0 Å². The number of amides is 1. The monoisotopic (exact) mass is 475 g/mol. The number of allylic oxidation sites excluding steroid dienone is 3. The molecule has 0 saturated heterocycles. The maximum absolute atomic E-state index is 12.6. The second-order valence-corrected chi connectivity index (χ2v) is 9.62. The van der Waals surface area contributed by atoms with Crippen LogP contribution in [0, 0.1) is 0 Å². The average Bonchev–Trinajstić information content (AvgIpc) is 3.07. The first-order chi connectivity index (χ1) is 15.2. The summed E-state index contributed by atoms with van der Waals surface area (Å²) in [7, 11) is 0. The molecule has 0 radical (unpaired) electrons. The number of hydrogen-bond acceptors (Lipinski definition) is 7. The SMILES string of the molecule is C=C(/C=C\C(=C/C)c1nnc2c(C(=O)OC(C)(C)C)cc(Cl)nn12)CNC(=O)OC(C)(C)C. The van der Waals surface area contributed by atoms with Gasteiger partial charge in [0.2, 0.25) is 0 Å². The Morgan fingerprint density at radius 3 is 2.33 bits per heavy atom. The molecule has 0 unspecified atom stereocenters. The Bertz CT molecular complexity index is 1120. The van der Waals surface area contributed by atoms with E-state index in [9.17, 15) is 9.59 Å². The molecule has 0 spiro atoms. The second-order valence-electron chi connectivity index (χ2n) is 9.23. The number of esters is 1. The van der Waals surface area contributed by atoms with E-state index >= 15 is 0 Å². The Labute approximate surface area is 198 Å². The summed E-state index contributed by atoms with van der Waals surface area (Å²) in [4.78, 5) is 24.4. The van der Waals surface area contributed by atoms with Crippen molar-refractivity contribution in [1.29, 1.82) is 0 Å². The van der Waals surface area contributed by atoms with E-state index in [2.05, 4.69) is 27.2 Å². The summed E-state index contributed by atoms with van der Waals surface area (Å²) in [5.74, 6) is -0.195. The number of alkyl carbamates (subject to hydrolysis) is 1. The van der Waals surface area contributed by atoms with Gasteiger partial charge in [-0.2, -0.15) is 9.61 Å². The van der Waals surface area contributed by atoms with Crippen LogP contribution in [-0.2, 0) is 9.47 Å². The fourth-order valence-corrected chi connectivity index (χ4v) is 2.76. The lowest BCUT2D eigenvalue weighted by molar-refractivity contribution is 0.00706. The van der Waals surface area contributed by atoms with Crippen LogP contribution in [0.25, 0.3) is 11.2 Å². The summed E-state index contributed by atoms with van der Waals surface area (Å²) in [6.07, 6.45) is 4.76. The van der Waals surface area contributed by atoms with Crippen LogP contribution in [0.5, 0.6) is 0 Å². The molecule has 2 aromatic heterocycles. The van der Waals surface area contributed by atoms with Gasteiger partial charge in [0.1, 0.15) is 16.8 Å². The molecule has 0 atom stereocenters. The molecule has 33 heavy (non-hydrogen) atoms. The Hall–Kier alpha value is -3.20. The molecular weight excluding hydrogens is 446 g/mol. The van der Waals surface area contributed by atoms with Crippen molar-refractivity contribution in [1.82, 2.24) is 25.1 Å². The van der Waals surface area contributed by atoms with E-state index in [-0.39, 0.29) is 22.9 Å². The maximum Gasteiger partial charge on any atom is 0.407 e. The smallest absolute Gasteiger partial charge is 0.407 e. The predicted octanol–water partition coefficient (Wildman–Crippen LogP) is 4.77. The van der Waals surface area contributed by atoms with Gasteiger partial charge in [0.15, 0.2) is 16.6 Å². The third-order valence-electron chi connectivity index (χ3n) is 3.89. The molecule has 0 fully saturated rings. The van der Waals surface area contributed by atoms with Crippen LogP contribution in [0.15, 0.2) is 36.4 Å². The highest BCUT2D eigenvalue weighted by atomic mass is 35.5. The summed E-state index contributed by atoms with van der Waals surface area (Å²) in [6.45, 7) is 16.6. The van der Waals surface area contributed by atoms with Crippen LogP contribution in [0.1, 0.15) is 64.6 Å². The number of rotatable bonds is 6. The molecule has 0 aliphatic rings. The first kappa shape index (κ1) is 26.1. The summed E-state index contributed by atoms with van der Waals surface area (Å²) < 4.78 is 12.0. The first-order valence-corrected chi connectivity index (χ1v) is 10.7. The first-order valence-electron chi connectivity index (χ1n) is 10.3. The third-order valence-corrected chi connectivity index (χ3v) is 4.07. The average molecular weight is 476 g/mol. The number of nitrogens with one attached hydrogen (secondary N) is 1. The van der Waals surface area contributed by atoms with E-state index < -0.39 is 23.3 Å². The van der Waals surface area contributed by atoms with Crippen LogP contribution < -0.4 is 5.32 Å². The molecule has 0 aliphatic carbocycles.